The minimum Gasteiger partial charge on any atom is -0.497 e. The molecule has 2 N–H and O–H groups in total. The van der Waals surface area contributed by atoms with Gasteiger partial charge in [-0.3, -0.25) is 9.78 Å². The predicted octanol–water partition coefficient (Wildman–Crippen LogP) is 4.28. The van der Waals surface area contributed by atoms with Gasteiger partial charge in [0.15, 0.2) is 0 Å². The lowest BCUT2D eigenvalue weighted by molar-refractivity contribution is -0.139. The molecule has 0 amide bonds. The number of methoxy groups -OCH3 is 1. The van der Waals surface area contributed by atoms with Crippen LogP contribution in [-0.2, 0) is 11.2 Å². The second-order valence-electron chi connectivity index (χ2n) is 9.79. The van der Waals surface area contributed by atoms with Crippen molar-refractivity contribution in [1.29, 1.82) is 0 Å². The van der Waals surface area contributed by atoms with Gasteiger partial charge in [-0.1, -0.05) is 0 Å². The smallest absolute Gasteiger partial charge is 0.303 e. The molecule has 0 unspecified atom stereocenters. The van der Waals surface area contributed by atoms with Gasteiger partial charge >= 0.3 is 5.97 Å². The number of unbranched alkanes of at least 4 members (excludes halogenated alkanes) is 1. The number of carboxylic acids is 1. The molecule has 1 aliphatic rings. The molecule has 4 rings (SSSR count). The lowest BCUT2D eigenvalue weighted by Crippen LogP contribution is -2.41. The number of hydrogen-bond acceptors (Lipinski definition) is 7. The highest BCUT2D eigenvalue weighted by molar-refractivity contribution is 5.83. The maximum absolute atomic E-state index is 11.6. The zero-order valence-electron chi connectivity index (χ0n) is 20.9. The van der Waals surface area contributed by atoms with Crippen molar-refractivity contribution >= 4 is 16.9 Å². The summed E-state index contributed by atoms with van der Waals surface area (Å²) < 4.78 is 5.36. The number of piperidine rings is 1. The van der Waals surface area contributed by atoms with Gasteiger partial charge in [0.05, 0.1) is 18.7 Å². The number of pyridine rings is 1. The van der Waals surface area contributed by atoms with Crippen LogP contribution in [0.1, 0.15) is 55.8 Å². The number of carbonyl (C=O) groups is 1. The Bertz CT molecular complexity index is 1130. The van der Waals surface area contributed by atoms with Gasteiger partial charge in [-0.15, -0.1) is 0 Å². The fraction of sp³-hybridized carbons (Fsp3) is 0.500. The van der Waals surface area contributed by atoms with Crippen LogP contribution in [0.3, 0.4) is 0 Å². The third-order valence-electron chi connectivity index (χ3n) is 7.37. The summed E-state index contributed by atoms with van der Waals surface area (Å²) in [5.41, 5.74) is 2.82. The first-order valence-electron chi connectivity index (χ1n) is 12.8. The standard InChI is InChI=1S/C28H36N4O4/c1-36-23-6-7-26-25(15-23)24(9-11-31-26)27(33)8-5-21-10-13-32(18-22(21)14-28(34)35)12-3-2-4-20-16-29-19-30-17-20/h6-7,9,11,15-17,19,21-22,27,33H,2-5,8,10,12-14,18H2,1H3,(H,34,35)/t21-,22+,27-/m1/s1. The second kappa shape index (κ2) is 12.7. The fourth-order valence-corrected chi connectivity index (χ4v) is 5.41. The molecule has 0 saturated carbocycles. The summed E-state index contributed by atoms with van der Waals surface area (Å²) in [6.07, 6.45) is 12.0. The quantitative estimate of drug-likeness (QED) is 0.361. The first kappa shape index (κ1) is 26.0. The summed E-state index contributed by atoms with van der Waals surface area (Å²) in [5.74, 6) is 0.370. The largest absolute Gasteiger partial charge is 0.497 e. The Hall–Kier alpha value is -3.10. The fourth-order valence-electron chi connectivity index (χ4n) is 5.41. The Morgan fingerprint density at radius 3 is 2.81 bits per heavy atom. The van der Waals surface area contributed by atoms with Crippen LogP contribution in [0.15, 0.2) is 49.2 Å². The van der Waals surface area contributed by atoms with Crippen LogP contribution in [0.2, 0.25) is 0 Å². The number of aryl methyl sites for hydroxylation is 1. The monoisotopic (exact) mass is 492 g/mol. The van der Waals surface area contributed by atoms with Crippen molar-refractivity contribution in [2.75, 3.05) is 26.7 Å². The number of rotatable bonds is 12. The molecule has 0 spiro atoms. The zero-order chi connectivity index (χ0) is 25.3. The highest BCUT2D eigenvalue weighted by Gasteiger charge is 2.31. The van der Waals surface area contributed by atoms with Gasteiger partial charge < -0.3 is 19.8 Å². The molecule has 192 valence electrons. The van der Waals surface area contributed by atoms with E-state index < -0.39 is 12.1 Å². The maximum Gasteiger partial charge on any atom is 0.303 e. The molecule has 1 aromatic carbocycles. The van der Waals surface area contributed by atoms with Crippen LogP contribution in [-0.4, -0.2) is 62.8 Å². The molecule has 3 aromatic rings. The number of hydrogen-bond donors (Lipinski definition) is 2. The molecule has 1 saturated heterocycles. The van der Waals surface area contributed by atoms with Gasteiger partial charge in [-0.2, -0.15) is 0 Å². The lowest BCUT2D eigenvalue weighted by atomic mass is 9.79. The Balaban J connectivity index is 1.31. The summed E-state index contributed by atoms with van der Waals surface area (Å²) in [6.45, 7) is 2.75. The molecule has 1 fully saturated rings. The first-order valence-corrected chi connectivity index (χ1v) is 12.8. The average molecular weight is 493 g/mol. The van der Waals surface area contributed by atoms with Crippen molar-refractivity contribution in [3.05, 3.63) is 60.3 Å². The number of aliphatic hydroxyl groups is 1. The normalized spacial score (nSPS) is 19.3. The summed E-state index contributed by atoms with van der Waals surface area (Å²) in [5, 5.41) is 21.5. The molecule has 8 heteroatoms. The first-order chi connectivity index (χ1) is 17.5. The number of benzene rings is 1. The molecule has 3 heterocycles. The second-order valence-corrected chi connectivity index (χ2v) is 9.79. The Kier molecular flexibility index (Phi) is 9.19. The van der Waals surface area contributed by atoms with Gasteiger partial charge in [0.2, 0.25) is 0 Å². The van der Waals surface area contributed by atoms with Crippen LogP contribution >= 0.6 is 0 Å². The van der Waals surface area contributed by atoms with Crippen LogP contribution < -0.4 is 4.74 Å². The number of nitrogens with zero attached hydrogens (tertiary/aromatic N) is 4. The van der Waals surface area contributed by atoms with E-state index in [1.165, 1.54) is 0 Å². The van der Waals surface area contributed by atoms with Crippen LogP contribution in [0.25, 0.3) is 10.9 Å². The van der Waals surface area contributed by atoms with E-state index in [1.54, 1.807) is 19.6 Å². The Morgan fingerprint density at radius 1 is 1.19 bits per heavy atom. The van der Waals surface area contributed by atoms with Crippen molar-refractivity contribution in [3.63, 3.8) is 0 Å². The average Bonchev–Trinajstić information content (AvgIpc) is 2.90. The SMILES string of the molecule is COc1ccc2nccc([C@H](O)CC[C@@H]3CCN(CCCCc4cncnc4)C[C@@H]3CC(=O)O)c2c1. The summed E-state index contributed by atoms with van der Waals surface area (Å²) >= 11 is 0. The maximum atomic E-state index is 11.6. The number of aliphatic carboxylic acids is 1. The van der Waals surface area contributed by atoms with Crippen LogP contribution in [0.5, 0.6) is 5.75 Å². The minimum absolute atomic E-state index is 0.0975. The molecule has 8 nitrogen and oxygen atoms in total. The highest BCUT2D eigenvalue weighted by atomic mass is 16.5. The molecule has 36 heavy (non-hydrogen) atoms. The van der Waals surface area contributed by atoms with E-state index in [4.69, 9.17) is 4.74 Å². The van der Waals surface area contributed by atoms with Crippen molar-refractivity contribution < 1.29 is 19.7 Å². The predicted molar refractivity (Wildman–Crippen MR) is 138 cm³/mol. The molecule has 0 radical (unpaired) electrons. The third-order valence-corrected chi connectivity index (χ3v) is 7.37. The topological polar surface area (TPSA) is 109 Å². The van der Waals surface area contributed by atoms with Crippen molar-refractivity contribution in [1.82, 2.24) is 19.9 Å². The number of aromatic nitrogens is 3. The molecular weight excluding hydrogens is 456 g/mol. The third kappa shape index (κ3) is 6.98. The van der Waals surface area contributed by atoms with E-state index in [1.807, 2.05) is 36.7 Å². The minimum atomic E-state index is -0.747. The zero-order valence-corrected chi connectivity index (χ0v) is 20.9. The summed E-state index contributed by atoms with van der Waals surface area (Å²) in [6, 6.07) is 7.55. The van der Waals surface area contributed by atoms with Crippen molar-refractivity contribution in [2.24, 2.45) is 11.8 Å². The van der Waals surface area contributed by atoms with Crippen LogP contribution in [0, 0.1) is 11.8 Å². The van der Waals surface area contributed by atoms with E-state index in [0.29, 0.717) is 6.42 Å². The van der Waals surface area contributed by atoms with E-state index in [2.05, 4.69) is 19.9 Å². The van der Waals surface area contributed by atoms with Crippen molar-refractivity contribution in [3.8, 4) is 5.75 Å². The Labute approximate surface area is 212 Å². The summed E-state index contributed by atoms with van der Waals surface area (Å²) in [4.78, 5) is 26.6. The molecule has 0 aliphatic carbocycles. The van der Waals surface area contributed by atoms with E-state index in [-0.39, 0.29) is 18.3 Å². The van der Waals surface area contributed by atoms with E-state index in [9.17, 15) is 15.0 Å². The Morgan fingerprint density at radius 2 is 2.03 bits per heavy atom. The number of aliphatic hydroxyl groups excluding tert-OH is 1. The van der Waals surface area contributed by atoms with Crippen LogP contribution in [0.4, 0.5) is 0 Å². The lowest BCUT2D eigenvalue weighted by Gasteiger charge is -2.38. The number of ether oxygens (including phenoxy) is 1. The van der Waals surface area contributed by atoms with Gasteiger partial charge in [0, 0.05) is 36.9 Å². The van der Waals surface area contributed by atoms with Gasteiger partial charge in [-0.05, 0) is 98.8 Å². The number of likely N-dealkylation sites (tertiary alicyclic amines) is 1. The van der Waals surface area contributed by atoms with E-state index >= 15 is 0 Å². The molecule has 3 atom stereocenters. The van der Waals surface area contributed by atoms with E-state index in [0.717, 1.165) is 79.5 Å². The molecule has 1 aliphatic heterocycles. The van der Waals surface area contributed by atoms with Gasteiger partial charge in [-0.25, -0.2) is 9.97 Å². The molecule has 0 bridgehead atoms. The summed E-state index contributed by atoms with van der Waals surface area (Å²) in [7, 11) is 1.63. The van der Waals surface area contributed by atoms with Crippen molar-refractivity contribution in [2.45, 2.75) is 51.0 Å². The number of fused-ring (bicyclic) bond motifs is 1. The molecule has 2 aromatic heterocycles. The van der Waals surface area contributed by atoms with Gasteiger partial charge in [0.1, 0.15) is 12.1 Å². The molecular formula is C28H36N4O4. The highest BCUT2D eigenvalue weighted by Crippen LogP contribution is 2.34. The van der Waals surface area contributed by atoms with Gasteiger partial charge in [0.25, 0.3) is 0 Å². The number of carboxylic acid groups (broad SMARTS) is 1.